The molecular formula is C27H29BrN2O3. The molecule has 0 unspecified atom stereocenters. The summed E-state index contributed by atoms with van der Waals surface area (Å²) in [6.45, 7) is 2.70. The van der Waals surface area contributed by atoms with Crippen molar-refractivity contribution in [3.8, 4) is 5.75 Å². The van der Waals surface area contributed by atoms with E-state index in [4.69, 9.17) is 4.74 Å². The van der Waals surface area contributed by atoms with Gasteiger partial charge >= 0.3 is 0 Å². The van der Waals surface area contributed by atoms with Crippen LogP contribution in [0.5, 0.6) is 5.75 Å². The highest BCUT2D eigenvalue weighted by molar-refractivity contribution is 9.10. The zero-order valence-corrected chi connectivity index (χ0v) is 20.3. The molecule has 0 radical (unpaired) electrons. The van der Waals surface area contributed by atoms with Crippen molar-refractivity contribution in [3.63, 3.8) is 0 Å². The van der Waals surface area contributed by atoms with E-state index in [1.165, 1.54) is 0 Å². The molecule has 2 N–H and O–H groups in total. The van der Waals surface area contributed by atoms with Crippen LogP contribution in [0, 0.1) is 0 Å². The number of amides is 2. The molecule has 0 saturated carbocycles. The van der Waals surface area contributed by atoms with Crippen LogP contribution in [0.2, 0.25) is 0 Å². The van der Waals surface area contributed by atoms with Crippen molar-refractivity contribution in [3.05, 3.63) is 100 Å². The smallest absolute Gasteiger partial charge is 0.273 e. The quantitative estimate of drug-likeness (QED) is 0.260. The van der Waals surface area contributed by atoms with Crippen molar-refractivity contribution in [1.82, 2.24) is 10.9 Å². The predicted molar refractivity (Wildman–Crippen MR) is 134 cm³/mol. The minimum absolute atomic E-state index is 0.321. The van der Waals surface area contributed by atoms with Crippen LogP contribution in [-0.2, 0) is 4.79 Å². The molecule has 0 heterocycles. The zero-order valence-electron chi connectivity index (χ0n) is 18.7. The standard InChI is InChI=1S/C27H29BrN2O3/c1-2-3-4-11-18-33-24-17-16-22(28)19-23(24)26(31)29-30-27(32)25(20-12-7-5-8-13-20)21-14-9-6-10-15-21/h5-10,12-17,19,25H,2-4,11,18H2,1H3,(H,29,31)(H,30,32). The third-order valence-corrected chi connectivity index (χ3v) is 5.76. The van der Waals surface area contributed by atoms with E-state index in [2.05, 4.69) is 33.7 Å². The summed E-state index contributed by atoms with van der Waals surface area (Å²) in [5.41, 5.74) is 7.20. The Labute approximate surface area is 203 Å². The van der Waals surface area contributed by atoms with E-state index in [9.17, 15) is 9.59 Å². The molecule has 0 bridgehead atoms. The second kappa shape index (κ2) is 12.8. The molecule has 0 aliphatic heterocycles. The van der Waals surface area contributed by atoms with Crippen LogP contribution in [0.15, 0.2) is 83.3 Å². The SMILES string of the molecule is CCCCCCOc1ccc(Br)cc1C(=O)NNC(=O)C(c1ccccc1)c1ccccc1. The minimum Gasteiger partial charge on any atom is -0.493 e. The summed E-state index contributed by atoms with van der Waals surface area (Å²) in [5, 5.41) is 0. The fourth-order valence-electron chi connectivity index (χ4n) is 3.56. The van der Waals surface area contributed by atoms with Gasteiger partial charge in [0.1, 0.15) is 5.75 Å². The molecule has 0 aromatic heterocycles. The highest BCUT2D eigenvalue weighted by Gasteiger charge is 2.23. The van der Waals surface area contributed by atoms with E-state index >= 15 is 0 Å². The fraction of sp³-hybridized carbons (Fsp3) is 0.259. The monoisotopic (exact) mass is 508 g/mol. The fourth-order valence-corrected chi connectivity index (χ4v) is 3.92. The van der Waals surface area contributed by atoms with Crippen LogP contribution in [0.4, 0.5) is 0 Å². The number of benzene rings is 3. The predicted octanol–water partition coefficient (Wildman–Crippen LogP) is 6.00. The van der Waals surface area contributed by atoms with Crippen molar-refractivity contribution in [1.29, 1.82) is 0 Å². The number of halogens is 1. The summed E-state index contributed by atoms with van der Waals surface area (Å²) < 4.78 is 6.61. The molecule has 0 aliphatic rings. The highest BCUT2D eigenvalue weighted by Crippen LogP contribution is 2.25. The number of hydrogen-bond acceptors (Lipinski definition) is 3. The lowest BCUT2D eigenvalue weighted by molar-refractivity contribution is -0.122. The van der Waals surface area contributed by atoms with E-state index in [0.29, 0.717) is 17.9 Å². The summed E-state index contributed by atoms with van der Waals surface area (Å²) in [7, 11) is 0. The lowest BCUT2D eigenvalue weighted by Gasteiger charge is -2.19. The molecule has 0 saturated heterocycles. The molecule has 2 amide bonds. The van der Waals surface area contributed by atoms with Gasteiger partial charge in [0.15, 0.2) is 0 Å². The first-order chi connectivity index (χ1) is 16.1. The van der Waals surface area contributed by atoms with Gasteiger partial charge in [-0.05, 0) is 35.7 Å². The summed E-state index contributed by atoms with van der Waals surface area (Å²) in [5.74, 6) is -0.820. The lowest BCUT2D eigenvalue weighted by Crippen LogP contribution is -2.44. The van der Waals surface area contributed by atoms with Crippen LogP contribution in [0.1, 0.15) is 60.0 Å². The summed E-state index contributed by atoms with van der Waals surface area (Å²) >= 11 is 3.41. The third kappa shape index (κ3) is 7.19. The van der Waals surface area contributed by atoms with Gasteiger partial charge in [-0.3, -0.25) is 20.4 Å². The van der Waals surface area contributed by atoms with Gasteiger partial charge in [0.25, 0.3) is 5.91 Å². The molecule has 5 nitrogen and oxygen atoms in total. The Balaban J connectivity index is 1.70. The van der Waals surface area contributed by atoms with Gasteiger partial charge in [0.2, 0.25) is 5.91 Å². The summed E-state index contributed by atoms with van der Waals surface area (Å²) in [4.78, 5) is 26.1. The Morgan fingerprint density at radius 1 is 0.848 bits per heavy atom. The number of carbonyl (C=O) groups is 2. The Kier molecular flexibility index (Phi) is 9.51. The van der Waals surface area contributed by atoms with Crippen LogP contribution in [-0.4, -0.2) is 18.4 Å². The third-order valence-electron chi connectivity index (χ3n) is 5.27. The molecule has 0 atom stereocenters. The van der Waals surface area contributed by atoms with Crippen molar-refractivity contribution in [2.45, 2.75) is 38.5 Å². The molecule has 33 heavy (non-hydrogen) atoms. The number of ether oxygens (including phenoxy) is 1. The molecule has 3 aromatic rings. The van der Waals surface area contributed by atoms with Crippen molar-refractivity contribution in [2.75, 3.05) is 6.61 Å². The first kappa shape index (κ1) is 24.5. The molecule has 3 aromatic carbocycles. The van der Waals surface area contributed by atoms with Gasteiger partial charge in [-0.15, -0.1) is 0 Å². The number of hydrogen-bond donors (Lipinski definition) is 2. The molecule has 6 heteroatoms. The van der Waals surface area contributed by atoms with Gasteiger partial charge in [-0.2, -0.15) is 0 Å². The van der Waals surface area contributed by atoms with E-state index in [1.54, 1.807) is 12.1 Å². The van der Waals surface area contributed by atoms with Crippen molar-refractivity contribution in [2.24, 2.45) is 0 Å². The minimum atomic E-state index is -0.551. The Bertz CT molecular complexity index is 1000. The van der Waals surface area contributed by atoms with Crippen molar-refractivity contribution < 1.29 is 14.3 Å². The second-order valence-electron chi connectivity index (χ2n) is 7.75. The summed E-state index contributed by atoms with van der Waals surface area (Å²) in [6.07, 6.45) is 4.33. The molecule has 3 rings (SSSR count). The Morgan fingerprint density at radius 3 is 2.09 bits per heavy atom. The first-order valence-corrected chi connectivity index (χ1v) is 12.0. The largest absolute Gasteiger partial charge is 0.493 e. The number of nitrogens with one attached hydrogen (secondary N) is 2. The number of hydrazine groups is 1. The molecular weight excluding hydrogens is 480 g/mol. The maximum Gasteiger partial charge on any atom is 0.273 e. The highest BCUT2D eigenvalue weighted by atomic mass is 79.9. The average Bonchev–Trinajstić information content (AvgIpc) is 2.84. The lowest BCUT2D eigenvalue weighted by atomic mass is 9.91. The Morgan fingerprint density at radius 2 is 1.48 bits per heavy atom. The van der Waals surface area contributed by atoms with E-state index < -0.39 is 11.8 Å². The number of rotatable bonds is 10. The van der Waals surface area contributed by atoms with Gasteiger partial charge < -0.3 is 4.74 Å². The van der Waals surface area contributed by atoms with Crippen LogP contribution in [0.3, 0.4) is 0 Å². The number of unbranched alkanes of at least 4 members (excludes halogenated alkanes) is 3. The van der Waals surface area contributed by atoms with Crippen LogP contribution in [0.25, 0.3) is 0 Å². The average molecular weight is 509 g/mol. The maximum absolute atomic E-state index is 13.1. The topological polar surface area (TPSA) is 67.4 Å². The van der Waals surface area contributed by atoms with Crippen LogP contribution < -0.4 is 15.6 Å². The van der Waals surface area contributed by atoms with Crippen LogP contribution >= 0.6 is 15.9 Å². The number of carbonyl (C=O) groups excluding carboxylic acids is 2. The maximum atomic E-state index is 13.1. The van der Waals surface area contributed by atoms with Gasteiger partial charge in [-0.1, -0.05) is 103 Å². The van der Waals surface area contributed by atoms with E-state index in [0.717, 1.165) is 41.3 Å². The normalized spacial score (nSPS) is 10.6. The second-order valence-corrected chi connectivity index (χ2v) is 8.66. The molecule has 0 fully saturated rings. The van der Waals surface area contributed by atoms with Gasteiger partial charge in [0.05, 0.1) is 18.1 Å². The first-order valence-electron chi connectivity index (χ1n) is 11.2. The molecule has 0 aliphatic carbocycles. The van der Waals surface area contributed by atoms with Gasteiger partial charge in [-0.25, -0.2) is 0 Å². The zero-order chi connectivity index (χ0) is 23.5. The van der Waals surface area contributed by atoms with E-state index in [1.807, 2.05) is 66.7 Å². The Hall–Kier alpha value is -3.12. The van der Waals surface area contributed by atoms with E-state index in [-0.39, 0.29) is 5.91 Å². The van der Waals surface area contributed by atoms with Crippen molar-refractivity contribution >= 4 is 27.7 Å². The summed E-state index contributed by atoms with van der Waals surface area (Å²) in [6, 6.07) is 24.3. The van der Waals surface area contributed by atoms with Gasteiger partial charge in [0, 0.05) is 4.47 Å². The molecule has 172 valence electrons. The molecule has 0 spiro atoms.